The zero-order valence-electron chi connectivity index (χ0n) is 8.62. The minimum atomic E-state index is 0.814. The van der Waals surface area contributed by atoms with E-state index in [-0.39, 0.29) is 0 Å². The van der Waals surface area contributed by atoms with Crippen LogP contribution in [0, 0.1) is 6.92 Å². The number of hydrogen-bond acceptors (Lipinski definition) is 3. The van der Waals surface area contributed by atoms with Gasteiger partial charge < -0.3 is 0 Å². The molecule has 0 radical (unpaired) electrons. The van der Waals surface area contributed by atoms with E-state index >= 15 is 0 Å². The lowest BCUT2D eigenvalue weighted by Gasteiger charge is -2.17. The predicted molar refractivity (Wildman–Crippen MR) is 59.5 cm³/mol. The molecule has 1 heterocycles. The molecule has 0 atom stereocenters. The van der Waals surface area contributed by atoms with E-state index in [1.165, 1.54) is 11.1 Å². The van der Waals surface area contributed by atoms with Crippen molar-refractivity contribution in [2.75, 3.05) is 11.7 Å². The summed E-state index contributed by atoms with van der Waals surface area (Å²) >= 11 is 0. The molecule has 1 aliphatic heterocycles. The molecule has 74 valence electrons. The van der Waals surface area contributed by atoms with E-state index in [1.807, 2.05) is 11.3 Å². The van der Waals surface area contributed by atoms with Crippen LogP contribution in [0.3, 0.4) is 0 Å². The molecule has 0 aliphatic carbocycles. The SMILES string of the molecule is CCc1ccc(N2N=CCN2)c(C)c1. The Hall–Kier alpha value is -1.35. The van der Waals surface area contributed by atoms with Crippen molar-refractivity contribution in [1.82, 2.24) is 5.43 Å². The van der Waals surface area contributed by atoms with Gasteiger partial charge in [-0.05, 0) is 30.5 Å². The first kappa shape index (κ1) is 9.21. The van der Waals surface area contributed by atoms with Gasteiger partial charge in [0.25, 0.3) is 0 Å². The number of anilines is 1. The van der Waals surface area contributed by atoms with E-state index in [4.69, 9.17) is 0 Å². The van der Waals surface area contributed by atoms with E-state index in [0.29, 0.717) is 0 Å². The van der Waals surface area contributed by atoms with Crippen LogP contribution in [0.1, 0.15) is 18.1 Å². The number of nitrogens with one attached hydrogen (secondary N) is 1. The lowest BCUT2D eigenvalue weighted by Crippen LogP contribution is -2.28. The highest BCUT2D eigenvalue weighted by molar-refractivity contribution is 5.67. The molecule has 0 amide bonds. The first-order valence-corrected chi connectivity index (χ1v) is 4.97. The fraction of sp³-hybridized carbons (Fsp3) is 0.364. The first-order chi connectivity index (χ1) is 6.81. The standard InChI is InChI=1S/C11H15N3/c1-3-10-4-5-11(9(2)8-10)14-12-6-7-13-14/h4-6,8,13H,3,7H2,1-2H3. The molecular formula is C11H15N3. The summed E-state index contributed by atoms with van der Waals surface area (Å²) in [5.41, 5.74) is 6.93. The third-order valence-electron chi connectivity index (χ3n) is 2.43. The number of benzene rings is 1. The fourth-order valence-corrected chi connectivity index (χ4v) is 1.61. The normalized spacial score (nSPS) is 15.1. The third kappa shape index (κ3) is 1.63. The van der Waals surface area contributed by atoms with Crippen LogP contribution < -0.4 is 10.5 Å². The van der Waals surface area contributed by atoms with E-state index in [1.54, 1.807) is 0 Å². The molecule has 3 heteroatoms. The van der Waals surface area contributed by atoms with E-state index in [0.717, 1.165) is 18.7 Å². The van der Waals surface area contributed by atoms with Crippen molar-refractivity contribution in [2.24, 2.45) is 5.10 Å². The molecule has 0 saturated heterocycles. The van der Waals surface area contributed by atoms with Gasteiger partial charge in [0.1, 0.15) is 0 Å². The second-order valence-corrected chi connectivity index (χ2v) is 3.45. The van der Waals surface area contributed by atoms with Crippen LogP contribution in [-0.2, 0) is 6.42 Å². The average Bonchev–Trinajstić information content (AvgIpc) is 2.70. The molecule has 0 unspecified atom stereocenters. The molecule has 0 bridgehead atoms. The molecule has 2 rings (SSSR count). The summed E-state index contributed by atoms with van der Waals surface area (Å²) in [5, 5.41) is 6.05. The van der Waals surface area contributed by atoms with Gasteiger partial charge in [0, 0.05) is 6.21 Å². The summed E-state index contributed by atoms with van der Waals surface area (Å²) < 4.78 is 0. The molecule has 1 aromatic rings. The van der Waals surface area contributed by atoms with Crippen molar-refractivity contribution in [3.63, 3.8) is 0 Å². The van der Waals surface area contributed by atoms with E-state index in [2.05, 4.69) is 42.6 Å². The van der Waals surface area contributed by atoms with Crippen LogP contribution in [0.4, 0.5) is 5.69 Å². The Bertz CT molecular complexity index is 358. The molecule has 0 fully saturated rings. The Labute approximate surface area is 84.4 Å². The monoisotopic (exact) mass is 189 g/mol. The molecule has 0 spiro atoms. The molecule has 1 aromatic carbocycles. The minimum absolute atomic E-state index is 0.814. The number of nitrogens with zero attached hydrogens (tertiary/aromatic N) is 2. The van der Waals surface area contributed by atoms with Gasteiger partial charge in [-0.25, -0.2) is 5.43 Å². The number of aryl methyl sites for hydroxylation is 2. The maximum Gasteiger partial charge on any atom is 0.0808 e. The van der Waals surface area contributed by atoms with Crippen LogP contribution in [0.2, 0.25) is 0 Å². The Morgan fingerprint density at radius 2 is 2.36 bits per heavy atom. The van der Waals surface area contributed by atoms with Crippen LogP contribution in [0.15, 0.2) is 23.3 Å². The van der Waals surface area contributed by atoms with Crippen LogP contribution in [0.5, 0.6) is 0 Å². The van der Waals surface area contributed by atoms with Gasteiger partial charge >= 0.3 is 0 Å². The summed E-state index contributed by atoms with van der Waals surface area (Å²) in [6, 6.07) is 6.48. The van der Waals surface area contributed by atoms with Gasteiger partial charge in [0.2, 0.25) is 0 Å². The van der Waals surface area contributed by atoms with E-state index in [9.17, 15) is 0 Å². The highest BCUT2D eigenvalue weighted by Crippen LogP contribution is 2.21. The molecule has 3 nitrogen and oxygen atoms in total. The summed E-state index contributed by atoms with van der Waals surface area (Å²) in [5.74, 6) is 0. The molecule has 1 aliphatic rings. The van der Waals surface area contributed by atoms with Crippen molar-refractivity contribution in [3.05, 3.63) is 29.3 Å². The Morgan fingerprint density at radius 3 is 2.93 bits per heavy atom. The zero-order valence-corrected chi connectivity index (χ0v) is 8.62. The fourth-order valence-electron chi connectivity index (χ4n) is 1.61. The van der Waals surface area contributed by atoms with E-state index < -0.39 is 0 Å². The summed E-state index contributed by atoms with van der Waals surface area (Å²) in [4.78, 5) is 0. The van der Waals surface area contributed by atoms with Crippen molar-refractivity contribution < 1.29 is 0 Å². The minimum Gasteiger partial charge on any atom is -0.208 e. The average molecular weight is 189 g/mol. The zero-order chi connectivity index (χ0) is 9.97. The topological polar surface area (TPSA) is 27.6 Å². The summed E-state index contributed by atoms with van der Waals surface area (Å²) in [7, 11) is 0. The van der Waals surface area contributed by atoms with Crippen LogP contribution in [0.25, 0.3) is 0 Å². The number of hydrazine groups is 1. The second-order valence-electron chi connectivity index (χ2n) is 3.45. The second kappa shape index (κ2) is 3.80. The lowest BCUT2D eigenvalue weighted by atomic mass is 10.1. The van der Waals surface area contributed by atoms with Gasteiger partial charge in [-0.15, -0.1) is 0 Å². The van der Waals surface area contributed by atoms with Crippen molar-refractivity contribution >= 4 is 11.9 Å². The molecule has 0 aromatic heterocycles. The summed E-state index contributed by atoms with van der Waals surface area (Å²) in [6.07, 6.45) is 2.95. The van der Waals surface area contributed by atoms with Gasteiger partial charge in [-0.2, -0.15) is 10.2 Å². The van der Waals surface area contributed by atoms with Crippen LogP contribution >= 0.6 is 0 Å². The predicted octanol–water partition coefficient (Wildman–Crippen LogP) is 1.87. The van der Waals surface area contributed by atoms with Gasteiger partial charge in [0.15, 0.2) is 0 Å². The number of rotatable bonds is 2. The highest BCUT2D eigenvalue weighted by Gasteiger charge is 2.10. The Morgan fingerprint density at radius 1 is 1.50 bits per heavy atom. The summed E-state index contributed by atoms with van der Waals surface area (Å²) in [6.45, 7) is 5.10. The molecule has 0 saturated carbocycles. The van der Waals surface area contributed by atoms with Crippen molar-refractivity contribution in [1.29, 1.82) is 0 Å². The highest BCUT2D eigenvalue weighted by atomic mass is 15.7. The van der Waals surface area contributed by atoms with Gasteiger partial charge in [0.05, 0.1) is 12.2 Å². The Kier molecular flexibility index (Phi) is 2.50. The molecular weight excluding hydrogens is 174 g/mol. The number of hydrogen-bond donors (Lipinski definition) is 1. The maximum atomic E-state index is 4.22. The smallest absolute Gasteiger partial charge is 0.0808 e. The Balaban J connectivity index is 2.30. The largest absolute Gasteiger partial charge is 0.208 e. The molecule has 14 heavy (non-hydrogen) atoms. The quantitative estimate of drug-likeness (QED) is 0.769. The van der Waals surface area contributed by atoms with Gasteiger partial charge in [-0.1, -0.05) is 19.1 Å². The van der Waals surface area contributed by atoms with Gasteiger partial charge in [-0.3, -0.25) is 0 Å². The third-order valence-corrected chi connectivity index (χ3v) is 2.43. The first-order valence-electron chi connectivity index (χ1n) is 4.97. The van der Waals surface area contributed by atoms with Crippen LogP contribution in [-0.4, -0.2) is 12.8 Å². The van der Waals surface area contributed by atoms with Crippen molar-refractivity contribution in [2.45, 2.75) is 20.3 Å². The maximum absolute atomic E-state index is 4.22. The lowest BCUT2D eigenvalue weighted by molar-refractivity contribution is 0.754. The number of hydrazone groups is 1. The van der Waals surface area contributed by atoms with Crippen molar-refractivity contribution in [3.8, 4) is 0 Å². The molecule has 1 N–H and O–H groups in total.